The van der Waals surface area contributed by atoms with Crippen LogP contribution in [0.15, 0.2) is 41.1 Å². The first kappa shape index (κ1) is 22.7. The molecule has 0 atom stereocenters. The first-order chi connectivity index (χ1) is 16.8. The molecule has 1 aromatic carbocycles. The van der Waals surface area contributed by atoms with Crippen LogP contribution in [0.4, 0.5) is 19.1 Å². The molecular formula is C21H20F3N9O2. The van der Waals surface area contributed by atoms with Gasteiger partial charge >= 0.3 is 6.36 Å². The number of aromatic nitrogens is 7. The van der Waals surface area contributed by atoms with Crippen molar-refractivity contribution in [1.82, 2.24) is 40.2 Å². The lowest BCUT2D eigenvalue weighted by atomic mass is 10.2. The minimum atomic E-state index is -4.76. The first-order valence-electron chi connectivity index (χ1n) is 10.7. The van der Waals surface area contributed by atoms with Gasteiger partial charge in [-0.3, -0.25) is 0 Å². The molecule has 0 aliphatic carbocycles. The van der Waals surface area contributed by atoms with E-state index in [2.05, 4.69) is 45.1 Å². The van der Waals surface area contributed by atoms with Gasteiger partial charge in [0.25, 0.3) is 5.89 Å². The number of anilines is 1. The van der Waals surface area contributed by atoms with Crippen LogP contribution >= 0.6 is 0 Å². The summed E-state index contributed by atoms with van der Waals surface area (Å²) in [4.78, 5) is 19.8. The van der Waals surface area contributed by atoms with Gasteiger partial charge in [0, 0.05) is 37.9 Å². The minimum absolute atomic E-state index is 0.0849. The third-order valence-corrected chi connectivity index (χ3v) is 5.23. The minimum Gasteiger partial charge on any atom is -0.406 e. The Balaban J connectivity index is 1.30. The molecule has 0 spiro atoms. The Morgan fingerprint density at radius 2 is 1.80 bits per heavy atom. The molecule has 11 nitrogen and oxygen atoms in total. The van der Waals surface area contributed by atoms with Crippen LogP contribution in [0.1, 0.15) is 11.5 Å². The smallest absolute Gasteiger partial charge is 0.406 e. The highest BCUT2D eigenvalue weighted by Gasteiger charge is 2.31. The molecule has 0 saturated carbocycles. The normalized spacial score (nSPS) is 14.3. The molecule has 1 N–H and O–H groups in total. The van der Waals surface area contributed by atoms with Gasteiger partial charge in [-0.15, -0.1) is 18.3 Å². The van der Waals surface area contributed by atoms with E-state index >= 15 is 0 Å². The van der Waals surface area contributed by atoms with Gasteiger partial charge in [-0.2, -0.15) is 4.98 Å². The molecule has 14 heteroatoms. The van der Waals surface area contributed by atoms with Crippen molar-refractivity contribution in [3.8, 4) is 28.9 Å². The molecule has 1 fully saturated rings. The van der Waals surface area contributed by atoms with Crippen molar-refractivity contribution < 1.29 is 22.4 Å². The molecule has 3 aromatic heterocycles. The summed E-state index contributed by atoms with van der Waals surface area (Å²) >= 11 is 0. The van der Waals surface area contributed by atoms with Gasteiger partial charge in [0.1, 0.15) is 11.6 Å². The van der Waals surface area contributed by atoms with Crippen LogP contribution in [0, 0.1) is 6.92 Å². The van der Waals surface area contributed by atoms with Crippen molar-refractivity contribution in [3.05, 3.63) is 48.0 Å². The number of nitrogens with one attached hydrogen (secondary N) is 1. The zero-order chi connectivity index (χ0) is 24.4. The maximum absolute atomic E-state index is 12.3. The van der Waals surface area contributed by atoms with Crippen molar-refractivity contribution in [1.29, 1.82) is 0 Å². The number of hydrogen-bond acceptors (Lipinski definition) is 10. The van der Waals surface area contributed by atoms with Crippen LogP contribution in [0.3, 0.4) is 0 Å². The summed E-state index contributed by atoms with van der Waals surface area (Å²) in [6.45, 7) is 5.63. The summed E-state index contributed by atoms with van der Waals surface area (Å²) in [5, 5.41) is 11.6. The highest BCUT2D eigenvalue weighted by atomic mass is 19.4. The van der Waals surface area contributed by atoms with Gasteiger partial charge in [-0.05, 0) is 37.3 Å². The zero-order valence-corrected chi connectivity index (χ0v) is 18.5. The van der Waals surface area contributed by atoms with E-state index in [0.29, 0.717) is 23.9 Å². The maximum atomic E-state index is 12.3. The van der Waals surface area contributed by atoms with Crippen LogP contribution in [-0.2, 0) is 6.54 Å². The van der Waals surface area contributed by atoms with E-state index in [-0.39, 0.29) is 23.3 Å². The molecular weight excluding hydrogens is 467 g/mol. The van der Waals surface area contributed by atoms with Crippen molar-refractivity contribution >= 4 is 5.95 Å². The average Bonchev–Trinajstić information content (AvgIpc) is 3.47. The van der Waals surface area contributed by atoms with E-state index in [1.54, 1.807) is 17.8 Å². The number of hydrogen-bond donors (Lipinski definition) is 1. The van der Waals surface area contributed by atoms with E-state index in [1.165, 1.54) is 24.3 Å². The summed E-state index contributed by atoms with van der Waals surface area (Å²) < 4.78 is 47.9. The predicted octanol–water partition coefficient (Wildman–Crippen LogP) is 2.45. The molecule has 1 saturated heterocycles. The van der Waals surface area contributed by atoms with E-state index in [9.17, 15) is 13.2 Å². The van der Waals surface area contributed by atoms with Crippen molar-refractivity contribution in [2.45, 2.75) is 19.8 Å². The van der Waals surface area contributed by atoms with Gasteiger partial charge in [0.05, 0.1) is 12.2 Å². The third-order valence-electron chi connectivity index (χ3n) is 5.23. The molecule has 182 valence electrons. The molecule has 4 aromatic rings. The molecule has 1 aliphatic heterocycles. The number of piperazine rings is 1. The van der Waals surface area contributed by atoms with Crippen molar-refractivity contribution in [2.24, 2.45) is 0 Å². The summed E-state index contributed by atoms with van der Waals surface area (Å²) in [6.07, 6.45) is -3.04. The van der Waals surface area contributed by atoms with E-state index in [1.807, 2.05) is 6.07 Å². The standard InChI is InChI=1S/C21H20F3N9O2/c1-13-27-18(19-29-17(31-35-19)14-2-4-16(5-3-14)34-21(22,23)24)30-33(13)12-15-6-7-26-20(28-15)32-10-8-25-9-11-32/h2-7,25H,8-12H2,1H3. The van der Waals surface area contributed by atoms with Crippen molar-refractivity contribution in [2.75, 3.05) is 31.1 Å². The Morgan fingerprint density at radius 3 is 2.54 bits per heavy atom. The number of rotatable bonds is 6. The second-order valence-corrected chi connectivity index (χ2v) is 7.72. The maximum Gasteiger partial charge on any atom is 0.573 e. The third kappa shape index (κ3) is 5.37. The largest absolute Gasteiger partial charge is 0.573 e. The molecule has 5 rings (SSSR count). The number of ether oxygens (including phenoxy) is 1. The van der Waals surface area contributed by atoms with Gasteiger partial charge in [-0.25, -0.2) is 19.6 Å². The summed E-state index contributed by atoms with van der Waals surface area (Å²) in [5.74, 6) is 1.46. The summed E-state index contributed by atoms with van der Waals surface area (Å²) in [5.41, 5.74) is 1.23. The van der Waals surface area contributed by atoms with E-state index in [4.69, 9.17) is 4.52 Å². The fourth-order valence-corrected chi connectivity index (χ4v) is 3.54. The second-order valence-electron chi connectivity index (χ2n) is 7.72. The van der Waals surface area contributed by atoms with Crippen LogP contribution in [-0.4, -0.2) is 67.4 Å². The number of benzene rings is 1. The fourth-order valence-electron chi connectivity index (χ4n) is 3.54. The lowest BCUT2D eigenvalue weighted by Crippen LogP contribution is -2.44. The number of halogens is 3. The summed E-state index contributed by atoms with van der Waals surface area (Å²) in [6, 6.07) is 6.97. The van der Waals surface area contributed by atoms with Gasteiger partial charge in [-0.1, -0.05) is 5.16 Å². The van der Waals surface area contributed by atoms with Crippen LogP contribution in [0.2, 0.25) is 0 Å². The molecule has 0 unspecified atom stereocenters. The Kier molecular flexibility index (Phi) is 6.03. The van der Waals surface area contributed by atoms with E-state index in [0.717, 1.165) is 31.9 Å². The van der Waals surface area contributed by atoms with Crippen LogP contribution in [0.25, 0.3) is 23.1 Å². The Hall–Kier alpha value is -4.07. The molecule has 1 aliphatic rings. The Morgan fingerprint density at radius 1 is 1.03 bits per heavy atom. The van der Waals surface area contributed by atoms with Gasteiger partial charge < -0.3 is 19.5 Å². The predicted molar refractivity (Wildman–Crippen MR) is 116 cm³/mol. The molecule has 0 radical (unpaired) electrons. The first-order valence-corrected chi connectivity index (χ1v) is 10.7. The Bertz CT molecular complexity index is 1300. The number of alkyl halides is 3. The summed E-state index contributed by atoms with van der Waals surface area (Å²) in [7, 11) is 0. The SMILES string of the molecule is Cc1nc(-c2nc(-c3ccc(OC(F)(F)F)cc3)no2)nn1Cc1ccnc(N2CCNCC2)n1. The van der Waals surface area contributed by atoms with Crippen LogP contribution < -0.4 is 15.0 Å². The molecule has 4 heterocycles. The average molecular weight is 487 g/mol. The van der Waals surface area contributed by atoms with Crippen LogP contribution in [0.5, 0.6) is 5.75 Å². The van der Waals surface area contributed by atoms with Crippen molar-refractivity contribution in [3.63, 3.8) is 0 Å². The lowest BCUT2D eigenvalue weighted by Gasteiger charge is -2.27. The topological polar surface area (TPSA) is 120 Å². The fraction of sp³-hybridized carbons (Fsp3) is 0.333. The quantitative estimate of drug-likeness (QED) is 0.434. The highest BCUT2D eigenvalue weighted by Crippen LogP contribution is 2.26. The highest BCUT2D eigenvalue weighted by molar-refractivity contribution is 5.57. The molecule has 0 bridgehead atoms. The number of aryl methyl sites for hydroxylation is 1. The zero-order valence-electron chi connectivity index (χ0n) is 18.5. The molecule has 0 amide bonds. The number of nitrogens with zero attached hydrogens (tertiary/aromatic N) is 8. The Labute approximate surface area is 197 Å². The lowest BCUT2D eigenvalue weighted by molar-refractivity contribution is -0.274. The van der Waals surface area contributed by atoms with Gasteiger partial charge in [0.2, 0.25) is 17.6 Å². The van der Waals surface area contributed by atoms with Gasteiger partial charge in [0.15, 0.2) is 0 Å². The monoisotopic (exact) mass is 487 g/mol. The van der Waals surface area contributed by atoms with E-state index < -0.39 is 6.36 Å². The molecule has 35 heavy (non-hydrogen) atoms. The second kappa shape index (κ2) is 9.29.